The maximum atomic E-state index is 9.63. The van der Waals surface area contributed by atoms with Crippen LogP contribution in [0.2, 0.25) is 5.15 Å². The summed E-state index contributed by atoms with van der Waals surface area (Å²) >= 11 is 6.21. The smallest absolute Gasteiger partial charge is 0.399 e. The molecule has 2 N–H and O–H groups in total. The molecule has 2 fully saturated rings. The van der Waals surface area contributed by atoms with Crippen LogP contribution in [0.25, 0.3) is 0 Å². The first-order valence-electron chi connectivity index (χ1n) is 8.64. The number of nitrogens with one attached hydrogen (secondary N) is 1. The Bertz CT molecular complexity index is 587. The molecule has 7 heteroatoms. The number of aromatic nitrogens is 1. The second-order valence-corrected chi connectivity index (χ2v) is 8.23. The van der Waals surface area contributed by atoms with Gasteiger partial charge < -0.3 is 19.7 Å². The van der Waals surface area contributed by atoms with E-state index in [9.17, 15) is 5.11 Å². The van der Waals surface area contributed by atoms with E-state index in [1.807, 2.05) is 33.8 Å². The molecular weight excluding hydrogens is 326 g/mol. The van der Waals surface area contributed by atoms with Crippen molar-refractivity contribution in [3.63, 3.8) is 0 Å². The molecule has 2 heterocycles. The molecule has 0 unspecified atom stereocenters. The van der Waals surface area contributed by atoms with E-state index < -0.39 is 7.12 Å². The van der Waals surface area contributed by atoms with Gasteiger partial charge in [0.25, 0.3) is 0 Å². The van der Waals surface area contributed by atoms with E-state index in [1.165, 1.54) is 0 Å². The minimum absolute atomic E-state index is 0.171. The number of pyridine rings is 1. The van der Waals surface area contributed by atoms with Gasteiger partial charge in [-0.15, -0.1) is 0 Å². The predicted octanol–water partition coefficient (Wildman–Crippen LogP) is 2.75. The Kier molecular flexibility index (Phi) is 4.86. The fourth-order valence-electron chi connectivity index (χ4n) is 3.14. The summed E-state index contributed by atoms with van der Waals surface area (Å²) < 4.78 is 12.2. The molecule has 2 aliphatic rings. The molecular formula is C17H26BClN2O3. The van der Waals surface area contributed by atoms with Crippen LogP contribution in [-0.2, 0) is 9.31 Å². The Morgan fingerprint density at radius 3 is 2.29 bits per heavy atom. The van der Waals surface area contributed by atoms with Crippen molar-refractivity contribution < 1.29 is 14.4 Å². The van der Waals surface area contributed by atoms with Gasteiger partial charge in [0.15, 0.2) is 0 Å². The lowest BCUT2D eigenvalue weighted by Gasteiger charge is -2.32. The summed E-state index contributed by atoms with van der Waals surface area (Å²) in [6.07, 6.45) is 3.34. The Balaban J connectivity index is 1.75. The molecule has 0 atom stereocenters. The Morgan fingerprint density at radius 1 is 1.12 bits per heavy atom. The van der Waals surface area contributed by atoms with E-state index in [4.69, 9.17) is 20.9 Å². The molecule has 24 heavy (non-hydrogen) atoms. The van der Waals surface area contributed by atoms with Crippen molar-refractivity contribution in [2.75, 3.05) is 5.32 Å². The van der Waals surface area contributed by atoms with Crippen molar-refractivity contribution in [3.05, 3.63) is 17.3 Å². The topological polar surface area (TPSA) is 63.6 Å². The molecule has 3 rings (SSSR count). The molecule has 5 nitrogen and oxygen atoms in total. The first-order valence-corrected chi connectivity index (χ1v) is 9.02. The molecule has 132 valence electrons. The first-order chi connectivity index (χ1) is 11.2. The van der Waals surface area contributed by atoms with Crippen LogP contribution in [0.4, 0.5) is 5.82 Å². The Labute approximate surface area is 149 Å². The third-order valence-corrected chi connectivity index (χ3v) is 5.58. The molecule has 0 bridgehead atoms. The molecule has 1 saturated heterocycles. The van der Waals surface area contributed by atoms with Crippen molar-refractivity contribution in [2.24, 2.45) is 0 Å². The van der Waals surface area contributed by atoms with Gasteiger partial charge in [0, 0.05) is 6.04 Å². The number of hydrogen-bond donors (Lipinski definition) is 2. The molecule has 0 spiro atoms. The van der Waals surface area contributed by atoms with Crippen LogP contribution < -0.4 is 10.8 Å². The molecule has 1 aliphatic carbocycles. The lowest BCUT2D eigenvalue weighted by molar-refractivity contribution is 0.00578. The van der Waals surface area contributed by atoms with Gasteiger partial charge in [-0.3, -0.25) is 0 Å². The van der Waals surface area contributed by atoms with Crippen molar-refractivity contribution in [1.29, 1.82) is 0 Å². The third kappa shape index (κ3) is 3.72. The summed E-state index contributed by atoms with van der Waals surface area (Å²) in [6.45, 7) is 8.12. The van der Waals surface area contributed by atoms with Gasteiger partial charge in [-0.1, -0.05) is 11.6 Å². The van der Waals surface area contributed by atoms with Crippen molar-refractivity contribution in [3.8, 4) is 0 Å². The zero-order chi connectivity index (χ0) is 17.5. The van der Waals surface area contributed by atoms with Crippen molar-refractivity contribution >= 4 is 30.0 Å². The van der Waals surface area contributed by atoms with Crippen LogP contribution in [0.3, 0.4) is 0 Å². The quantitative estimate of drug-likeness (QED) is 0.647. The van der Waals surface area contributed by atoms with Gasteiger partial charge in [0.2, 0.25) is 0 Å². The highest BCUT2D eigenvalue weighted by Gasteiger charge is 2.51. The monoisotopic (exact) mass is 352 g/mol. The fourth-order valence-corrected chi connectivity index (χ4v) is 3.35. The normalized spacial score (nSPS) is 28.8. The highest BCUT2D eigenvalue weighted by Crippen LogP contribution is 2.36. The summed E-state index contributed by atoms with van der Waals surface area (Å²) in [6, 6.07) is 4.05. The fraction of sp³-hybridized carbons (Fsp3) is 0.706. The number of anilines is 1. The average molecular weight is 353 g/mol. The second kappa shape index (κ2) is 6.48. The Hall–Kier alpha value is -0.815. The minimum atomic E-state index is -0.454. The molecule has 0 aromatic carbocycles. The van der Waals surface area contributed by atoms with Gasteiger partial charge in [-0.25, -0.2) is 4.98 Å². The minimum Gasteiger partial charge on any atom is -0.399 e. The van der Waals surface area contributed by atoms with Gasteiger partial charge in [-0.2, -0.15) is 0 Å². The summed E-state index contributed by atoms with van der Waals surface area (Å²) in [5.74, 6) is 0.730. The van der Waals surface area contributed by atoms with E-state index in [2.05, 4.69) is 10.3 Å². The van der Waals surface area contributed by atoms with Crippen LogP contribution in [0.1, 0.15) is 53.4 Å². The van der Waals surface area contributed by atoms with Gasteiger partial charge >= 0.3 is 7.12 Å². The highest BCUT2D eigenvalue weighted by atomic mass is 35.5. The van der Waals surface area contributed by atoms with Gasteiger partial charge in [0.1, 0.15) is 11.0 Å². The zero-order valence-corrected chi connectivity index (χ0v) is 15.6. The van der Waals surface area contributed by atoms with Gasteiger partial charge in [0.05, 0.1) is 17.3 Å². The number of aliphatic hydroxyl groups excluding tert-OH is 1. The average Bonchev–Trinajstić information content (AvgIpc) is 2.69. The first kappa shape index (κ1) is 18.0. The standard InChI is InChI=1S/C17H26BClN2O3/c1-16(2)17(3,4)24-18(23-16)11-9-14(19)21-15(10-11)20-12-5-7-13(22)8-6-12/h9-10,12-13,22H,5-8H2,1-4H3,(H,20,21). The molecule has 1 aliphatic heterocycles. The summed E-state index contributed by atoms with van der Waals surface area (Å²) in [7, 11) is -0.454. The van der Waals surface area contributed by atoms with Crippen LogP contribution >= 0.6 is 11.6 Å². The van der Waals surface area contributed by atoms with Crippen LogP contribution in [-0.4, -0.2) is 40.6 Å². The third-order valence-electron chi connectivity index (χ3n) is 5.39. The number of halogens is 1. The number of rotatable bonds is 3. The highest BCUT2D eigenvalue weighted by molar-refractivity contribution is 6.62. The summed E-state index contributed by atoms with van der Waals surface area (Å²) in [4.78, 5) is 4.37. The van der Waals surface area contributed by atoms with Crippen molar-refractivity contribution in [2.45, 2.75) is 76.7 Å². The molecule has 0 radical (unpaired) electrons. The van der Waals surface area contributed by atoms with E-state index in [0.717, 1.165) is 37.0 Å². The van der Waals surface area contributed by atoms with E-state index in [1.54, 1.807) is 6.07 Å². The molecule has 0 amide bonds. The zero-order valence-electron chi connectivity index (χ0n) is 14.8. The number of hydrogen-bond acceptors (Lipinski definition) is 5. The van der Waals surface area contributed by atoms with Crippen LogP contribution in [0.5, 0.6) is 0 Å². The van der Waals surface area contributed by atoms with Crippen molar-refractivity contribution in [1.82, 2.24) is 4.98 Å². The second-order valence-electron chi connectivity index (χ2n) is 7.85. The van der Waals surface area contributed by atoms with Gasteiger partial charge in [-0.05, 0) is 71.0 Å². The van der Waals surface area contributed by atoms with E-state index in [-0.39, 0.29) is 17.3 Å². The maximum Gasteiger partial charge on any atom is 0.495 e. The largest absolute Gasteiger partial charge is 0.495 e. The van der Waals surface area contributed by atoms with E-state index >= 15 is 0 Å². The molecule has 1 saturated carbocycles. The van der Waals surface area contributed by atoms with E-state index in [0.29, 0.717) is 11.2 Å². The lowest BCUT2D eigenvalue weighted by Crippen LogP contribution is -2.41. The van der Waals surface area contributed by atoms with Crippen LogP contribution in [0, 0.1) is 0 Å². The summed E-state index contributed by atoms with van der Waals surface area (Å²) in [5, 5.41) is 13.5. The maximum absolute atomic E-state index is 9.63. The SMILES string of the molecule is CC1(C)OB(c2cc(Cl)nc(NC3CCC(O)CC3)c2)OC1(C)C. The molecule has 1 aromatic heterocycles. The molecule has 1 aromatic rings. The predicted molar refractivity (Wildman–Crippen MR) is 96.8 cm³/mol. The summed E-state index contributed by atoms with van der Waals surface area (Å²) in [5.41, 5.74) is 0.0908. The van der Waals surface area contributed by atoms with Crippen LogP contribution in [0.15, 0.2) is 12.1 Å². The number of aliphatic hydroxyl groups is 1. The number of nitrogens with zero attached hydrogens (tertiary/aromatic N) is 1. The Morgan fingerprint density at radius 2 is 1.71 bits per heavy atom. The lowest BCUT2D eigenvalue weighted by atomic mass is 9.79.